The van der Waals surface area contributed by atoms with Crippen molar-refractivity contribution < 1.29 is 9.90 Å². The van der Waals surface area contributed by atoms with Crippen LogP contribution in [0.1, 0.15) is 24.4 Å². The molecule has 0 radical (unpaired) electrons. The molecule has 1 fully saturated rings. The smallest absolute Gasteiger partial charge is 0.308 e. The number of carboxylic acid groups (broad SMARTS) is 1. The van der Waals surface area contributed by atoms with E-state index in [2.05, 4.69) is 0 Å². The Balaban J connectivity index is 2.12. The van der Waals surface area contributed by atoms with Gasteiger partial charge < -0.3 is 9.67 Å². The number of nitrogens with zero attached hydrogens (tertiary/aromatic N) is 1. The van der Waals surface area contributed by atoms with Crippen LogP contribution >= 0.6 is 11.6 Å². The minimum atomic E-state index is -0.992. The summed E-state index contributed by atoms with van der Waals surface area (Å²) >= 11 is 5.89. The maximum atomic E-state index is 12.5. The van der Waals surface area contributed by atoms with Crippen LogP contribution in [0.5, 0.6) is 0 Å². The second-order valence-electron chi connectivity index (χ2n) is 5.23. The highest BCUT2D eigenvalue weighted by Crippen LogP contribution is 2.37. The Bertz CT molecular complexity index is 745. The van der Waals surface area contributed by atoms with E-state index < -0.39 is 5.97 Å². The third kappa shape index (κ3) is 2.85. The molecule has 1 N–H and O–H groups in total. The van der Waals surface area contributed by atoms with Gasteiger partial charge in [0.15, 0.2) is 0 Å². The molecule has 4 nitrogen and oxygen atoms in total. The Labute approximate surface area is 126 Å². The molecule has 3 rings (SSSR count). The third-order valence-corrected chi connectivity index (χ3v) is 3.84. The van der Waals surface area contributed by atoms with Gasteiger partial charge >= 0.3 is 5.97 Å². The molecule has 0 unspecified atom stereocenters. The number of carbonyl (C=O) groups is 1. The summed E-state index contributed by atoms with van der Waals surface area (Å²) in [6.45, 7) is 0. The van der Waals surface area contributed by atoms with Crippen molar-refractivity contribution in [3.05, 3.63) is 57.3 Å². The predicted molar refractivity (Wildman–Crippen MR) is 80.8 cm³/mol. The van der Waals surface area contributed by atoms with Crippen molar-refractivity contribution in [1.82, 2.24) is 4.57 Å². The average molecular weight is 304 g/mol. The van der Waals surface area contributed by atoms with Crippen molar-refractivity contribution in [3.63, 3.8) is 0 Å². The van der Waals surface area contributed by atoms with Gasteiger partial charge in [-0.15, -0.1) is 0 Å². The van der Waals surface area contributed by atoms with Crippen LogP contribution in [0.25, 0.3) is 11.3 Å². The lowest BCUT2D eigenvalue weighted by molar-refractivity contribution is -0.136. The van der Waals surface area contributed by atoms with Crippen LogP contribution in [-0.4, -0.2) is 15.6 Å². The molecular formula is C16H14ClNO3. The van der Waals surface area contributed by atoms with Gasteiger partial charge in [0, 0.05) is 16.6 Å². The highest BCUT2D eigenvalue weighted by molar-refractivity contribution is 6.30. The SMILES string of the molecule is O=C(O)Cc1ccc(-c2ccc(Cl)cc2)n(C2CC2)c1=O. The lowest BCUT2D eigenvalue weighted by Crippen LogP contribution is -2.25. The number of hydrogen-bond donors (Lipinski definition) is 1. The van der Waals surface area contributed by atoms with E-state index >= 15 is 0 Å². The molecule has 1 aliphatic rings. The number of hydrogen-bond acceptors (Lipinski definition) is 2. The summed E-state index contributed by atoms with van der Waals surface area (Å²) in [5, 5.41) is 9.53. The first-order chi connectivity index (χ1) is 10.1. The Morgan fingerprint density at radius 1 is 1.19 bits per heavy atom. The van der Waals surface area contributed by atoms with Crippen molar-refractivity contribution in [2.45, 2.75) is 25.3 Å². The average Bonchev–Trinajstić information content (AvgIpc) is 3.26. The number of rotatable bonds is 4. The summed E-state index contributed by atoms with van der Waals surface area (Å²) in [5.41, 5.74) is 1.85. The van der Waals surface area contributed by atoms with Crippen molar-refractivity contribution >= 4 is 17.6 Å². The fraction of sp³-hybridized carbons (Fsp3) is 0.250. The Morgan fingerprint density at radius 3 is 2.43 bits per heavy atom. The van der Waals surface area contributed by atoms with Crippen LogP contribution in [0.15, 0.2) is 41.2 Å². The summed E-state index contributed by atoms with van der Waals surface area (Å²) in [4.78, 5) is 23.4. The number of benzene rings is 1. The van der Waals surface area contributed by atoms with E-state index in [-0.39, 0.29) is 18.0 Å². The Kier molecular flexibility index (Phi) is 3.55. The number of halogens is 1. The standard InChI is InChI=1S/C16H14ClNO3/c17-12-4-1-10(2-5-12)14-8-3-11(9-15(19)20)16(21)18(14)13-6-7-13/h1-5,8,13H,6-7,9H2,(H,19,20). The van der Waals surface area contributed by atoms with Gasteiger partial charge in [-0.25, -0.2) is 0 Å². The van der Waals surface area contributed by atoms with E-state index in [1.807, 2.05) is 18.2 Å². The van der Waals surface area contributed by atoms with Gasteiger partial charge in [-0.05, 0) is 36.6 Å². The van der Waals surface area contributed by atoms with Crippen molar-refractivity contribution in [2.75, 3.05) is 0 Å². The second-order valence-corrected chi connectivity index (χ2v) is 5.66. The first-order valence-corrected chi connectivity index (χ1v) is 7.16. The topological polar surface area (TPSA) is 59.3 Å². The van der Waals surface area contributed by atoms with Crippen LogP contribution in [-0.2, 0) is 11.2 Å². The zero-order chi connectivity index (χ0) is 15.0. The van der Waals surface area contributed by atoms with Crippen LogP contribution in [0.4, 0.5) is 0 Å². The van der Waals surface area contributed by atoms with E-state index in [1.165, 1.54) is 0 Å². The van der Waals surface area contributed by atoms with Gasteiger partial charge in [0.05, 0.1) is 12.1 Å². The minimum absolute atomic E-state index is 0.178. The summed E-state index contributed by atoms with van der Waals surface area (Å²) in [5.74, 6) is -0.992. The normalized spacial score (nSPS) is 14.1. The van der Waals surface area contributed by atoms with Crippen LogP contribution < -0.4 is 5.56 Å². The number of aliphatic carboxylic acids is 1. The Morgan fingerprint density at radius 2 is 1.86 bits per heavy atom. The molecule has 0 saturated heterocycles. The molecule has 108 valence electrons. The largest absolute Gasteiger partial charge is 0.481 e. The third-order valence-electron chi connectivity index (χ3n) is 3.59. The lowest BCUT2D eigenvalue weighted by atomic mass is 10.1. The van der Waals surface area contributed by atoms with Crippen molar-refractivity contribution in [2.24, 2.45) is 0 Å². The molecule has 0 amide bonds. The second kappa shape index (κ2) is 5.37. The number of aromatic nitrogens is 1. The van der Waals surface area contributed by atoms with Gasteiger partial charge in [0.25, 0.3) is 5.56 Å². The Hall–Kier alpha value is -2.07. The molecule has 2 aromatic rings. The van der Waals surface area contributed by atoms with E-state index in [1.54, 1.807) is 22.8 Å². The zero-order valence-corrected chi connectivity index (χ0v) is 12.0. The van der Waals surface area contributed by atoms with Gasteiger partial charge in [-0.2, -0.15) is 0 Å². The lowest BCUT2D eigenvalue weighted by Gasteiger charge is -2.14. The van der Waals surface area contributed by atoms with Gasteiger partial charge in [-0.3, -0.25) is 9.59 Å². The fourth-order valence-corrected chi connectivity index (χ4v) is 2.57. The molecule has 1 aliphatic carbocycles. The summed E-state index contributed by atoms with van der Waals surface area (Å²) in [6, 6.07) is 10.9. The molecule has 0 aliphatic heterocycles. The van der Waals surface area contributed by atoms with Crippen LogP contribution in [0.3, 0.4) is 0 Å². The summed E-state index contributed by atoms with van der Waals surface area (Å²) in [6.07, 6.45) is 1.67. The number of pyridine rings is 1. The molecular weight excluding hydrogens is 290 g/mol. The van der Waals surface area contributed by atoms with E-state index in [4.69, 9.17) is 16.7 Å². The minimum Gasteiger partial charge on any atom is -0.481 e. The zero-order valence-electron chi connectivity index (χ0n) is 11.3. The quantitative estimate of drug-likeness (QED) is 0.944. The molecule has 1 aromatic carbocycles. The molecule has 5 heteroatoms. The van der Waals surface area contributed by atoms with E-state index in [0.29, 0.717) is 10.6 Å². The van der Waals surface area contributed by atoms with Gasteiger partial charge in [0.1, 0.15) is 0 Å². The van der Waals surface area contributed by atoms with Gasteiger partial charge in [0.2, 0.25) is 0 Å². The summed E-state index contributed by atoms with van der Waals surface area (Å²) in [7, 11) is 0. The molecule has 1 heterocycles. The fourth-order valence-electron chi connectivity index (χ4n) is 2.44. The first kappa shape index (κ1) is 13.9. The number of carboxylic acids is 1. The molecule has 0 spiro atoms. The maximum Gasteiger partial charge on any atom is 0.308 e. The molecule has 21 heavy (non-hydrogen) atoms. The van der Waals surface area contributed by atoms with Crippen LogP contribution in [0.2, 0.25) is 5.02 Å². The van der Waals surface area contributed by atoms with E-state index in [9.17, 15) is 9.59 Å². The molecule has 1 saturated carbocycles. The molecule has 0 bridgehead atoms. The summed E-state index contributed by atoms with van der Waals surface area (Å²) < 4.78 is 1.72. The maximum absolute atomic E-state index is 12.5. The van der Waals surface area contributed by atoms with Crippen LogP contribution in [0, 0.1) is 0 Å². The molecule has 1 aromatic heterocycles. The highest BCUT2D eigenvalue weighted by atomic mass is 35.5. The predicted octanol–water partition coefficient (Wildman–Crippen LogP) is 3.13. The van der Waals surface area contributed by atoms with Crippen molar-refractivity contribution in [1.29, 1.82) is 0 Å². The molecule has 0 atom stereocenters. The van der Waals surface area contributed by atoms with Gasteiger partial charge in [-0.1, -0.05) is 29.8 Å². The monoisotopic (exact) mass is 303 g/mol. The van der Waals surface area contributed by atoms with E-state index in [0.717, 1.165) is 24.1 Å². The highest BCUT2D eigenvalue weighted by Gasteiger charge is 2.28. The first-order valence-electron chi connectivity index (χ1n) is 6.78. The van der Waals surface area contributed by atoms with Crippen molar-refractivity contribution in [3.8, 4) is 11.3 Å².